The van der Waals surface area contributed by atoms with E-state index in [0.717, 1.165) is 0 Å². The number of allylic oxidation sites excluding steroid dienone is 1. The molecule has 0 saturated heterocycles. The lowest BCUT2D eigenvalue weighted by atomic mass is 9.93. The SMILES string of the molecule is CC=Cc1cc(C)c(-c2ccc3ccccc3c2)cc1C. The second-order valence-electron chi connectivity index (χ2n) is 5.59. The van der Waals surface area contributed by atoms with E-state index in [-0.39, 0.29) is 0 Å². The van der Waals surface area contributed by atoms with Gasteiger partial charge in [-0.05, 0) is 65.4 Å². The van der Waals surface area contributed by atoms with E-state index in [2.05, 4.69) is 87.5 Å². The Labute approximate surface area is 126 Å². The largest absolute Gasteiger partial charge is 0.0871 e. The molecule has 3 aromatic rings. The van der Waals surface area contributed by atoms with Crippen LogP contribution >= 0.6 is 0 Å². The maximum absolute atomic E-state index is 2.30. The van der Waals surface area contributed by atoms with Gasteiger partial charge in [0.15, 0.2) is 0 Å². The standard InChI is InChI=1S/C21H20/c1-4-7-18-12-16(3)21(13-15(18)2)20-11-10-17-8-5-6-9-19(17)14-20/h4-14H,1-3H3. The maximum Gasteiger partial charge on any atom is -0.0151 e. The van der Waals surface area contributed by atoms with Crippen molar-refractivity contribution in [2.24, 2.45) is 0 Å². The predicted octanol–water partition coefficient (Wildman–Crippen LogP) is 6.16. The Balaban J connectivity index is 2.16. The summed E-state index contributed by atoms with van der Waals surface area (Å²) in [7, 11) is 0. The first-order valence-electron chi connectivity index (χ1n) is 7.42. The smallest absolute Gasteiger partial charge is 0.0151 e. The Bertz CT molecular complexity index is 823. The van der Waals surface area contributed by atoms with Crippen LogP contribution in [0.4, 0.5) is 0 Å². The fraction of sp³-hybridized carbons (Fsp3) is 0.143. The highest BCUT2D eigenvalue weighted by molar-refractivity contribution is 5.88. The minimum atomic E-state index is 1.29. The molecule has 0 aliphatic carbocycles. The monoisotopic (exact) mass is 272 g/mol. The van der Waals surface area contributed by atoms with Crippen molar-refractivity contribution in [1.82, 2.24) is 0 Å². The Morgan fingerprint density at radius 1 is 0.762 bits per heavy atom. The normalized spacial score (nSPS) is 11.4. The van der Waals surface area contributed by atoms with Crippen LogP contribution in [0.5, 0.6) is 0 Å². The van der Waals surface area contributed by atoms with E-state index in [4.69, 9.17) is 0 Å². The molecule has 0 aromatic heterocycles. The highest BCUT2D eigenvalue weighted by Gasteiger charge is 2.06. The first-order chi connectivity index (χ1) is 10.2. The zero-order chi connectivity index (χ0) is 14.8. The maximum atomic E-state index is 2.30. The number of benzene rings is 3. The van der Waals surface area contributed by atoms with E-state index in [1.165, 1.54) is 38.6 Å². The second kappa shape index (κ2) is 5.57. The third-order valence-electron chi connectivity index (χ3n) is 4.02. The number of hydrogen-bond donors (Lipinski definition) is 0. The minimum Gasteiger partial charge on any atom is -0.0871 e. The molecule has 0 aliphatic rings. The lowest BCUT2D eigenvalue weighted by molar-refractivity contribution is 1.37. The van der Waals surface area contributed by atoms with Crippen molar-refractivity contribution in [1.29, 1.82) is 0 Å². The average molecular weight is 272 g/mol. The molecule has 0 bridgehead atoms. The first kappa shape index (κ1) is 13.6. The first-order valence-corrected chi connectivity index (χ1v) is 7.42. The van der Waals surface area contributed by atoms with Crippen LogP contribution in [0, 0.1) is 13.8 Å². The van der Waals surface area contributed by atoms with Crippen molar-refractivity contribution in [2.75, 3.05) is 0 Å². The number of aryl methyl sites for hydroxylation is 2. The van der Waals surface area contributed by atoms with Crippen LogP contribution in [-0.4, -0.2) is 0 Å². The van der Waals surface area contributed by atoms with Crippen LogP contribution < -0.4 is 0 Å². The zero-order valence-corrected chi connectivity index (χ0v) is 12.9. The summed E-state index contributed by atoms with van der Waals surface area (Å²) in [6.45, 7) is 6.43. The van der Waals surface area contributed by atoms with Gasteiger partial charge in [-0.1, -0.05) is 60.7 Å². The molecule has 3 rings (SSSR count). The predicted molar refractivity (Wildman–Crippen MR) is 93.6 cm³/mol. The van der Waals surface area contributed by atoms with Crippen LogP contribution in [0.2, 0.25) is 0 Å². The molecule has 0 fully saturated rings. The molecule has 0 spiro atoms. The molecule has 0 amide bonds. The van der Waals surface area contributed by atoms with Crippen molar-refractivity contribution in [3.05, 3.63) is 77.4 Å². The molecular formula is C21H20. The molecule has 0 saturated carbocycles. The van der Waals surface area contributed by atoms with E-state index in [9.17, 15) is 0 Å². The van der Waals surface area contributed by atoms with Gasteiger partial charge in [-0.15, -0.1) is 0 Å². The van der Waals surface area contributed by atoms with Gasteiger partial charge < -0.3 is 0 Å². The van der Waals surface area contributed by atoms with Gasteiger partial charge in [0.2, 0.25) is 0 Å². The average Bonchev–Trinajstić information content (AvgIpc) is 2.50. The fourth-order valence-corrected chi connectivity index (χ4v) is 2.87. The number of rotatable bonds is 2. The van der Waals surface area contributed by atoms with Gasteiger partial charge in [0, 0.05) is 0 Å². The molecular weight excluding hydrogens is 252 g/mol. The summed E-state index contributed by atoms with van der Waals surface area (Å²) in [4.78, 5) is 0. The van der Waals surface area contributed by atoms with E-state index >= 15 is 0 Å². The highest BCUT2D eigenvalue weighted by Crippen LogP contribution is 2.29. The molecule has 21 heavy (non-hydrogen) atoms. The lowest BCUT2D eigenvalue weighted by Crippen LogP contribution is -1.89. The Morgan fingerprint density at radius 3 is 2.29 bits per heavy atom. The Kier molecular flexibility index (Phi) is 3.62. The molecule has 0 unspecified atom stereocenters. The molecule has 0 N–H and O–H groups in total. The van der Waals surface area contributed by atoms with Gasteiger partial charge in [-0.25, -0.2) is 0 Å². The van der Waals surface area contributed by atoms with Crippen molar-refractivity contribution < 1.29 is 0 Å². The molecule has 3 aromatic carbocycles. The molecule has 104 valence electrons. The fourth-order valence-electron chi connectivity index (χ4n) is 2.87. The van der Waals surface area contributed by atoms with Crippen LogP contribution in [0.1, 0.15) is 23.6 Å². The topological polar surface area (TPSA) is 0 Å². The van der Waals surface area contributed by atoms with Gasteiger partial charge in [0.25, 0.3) is 0 Å². The summed E-state index contributed by atoms with van der Waals surface area (Å²) in [6.07, 6.45) is 4.27. The van der Waals surface area contributed by atoms with Crippen molar-refractivity contribution in [3.8, 4) is 11.1 Å². The molecule has 0 atom stereocenters. The summed E-state index contributed by atoms with van der Waals surface area (Å²) in [5.74, 6) is 0. The van der Waals surface area contributed by atoms with Crippen molar-refractivity contribution in [2.45, 2.75) is 20.8 Å². The van der Waals surface area contributed by atoms with Gasteiger partial charge in [-0.2, -0.15) is 0 Å². The van der Waals surface area contributed by atoms with E-state index in [0.29, 0.717) is 0 Å². The molecule has 0 heteroatoms. The number of fused-ring (bicyclic) bond motifs is 1. The van der Waals surface area contributed by atoms with Gasteiger partial charge in [0.05, 0.1) is 0 Å². The number of hydrogen-bond acceptors (Lipinski definition) is 0. The van der Waals surface area contributed by atoms with E-state index < -0.39 is 0 Å². The molecule has 0 radical (unpaired) electrons. The van der Waals surface area contributed by atoms with Gasteiger partial charge in [-0.3, -0.25) is 0 Å². The van der Waals surface area contributed by atoms with Crippen LogP contribution in [0.3, 0.4) is 0 Å². The van der Waals surface area contributed by atoms with Gasteiger partial charge in [0.1, 0.15) is 0 Å². The lowest BCUT2D eigenvalue weighted by Gasteiger charge is -2.11. The summed E-state index contributed by atoms with van der Waals surface area (Å²) >= 11 is 0. The molecule has 0 nitrogen and oxygen atoms in total. The Hall–Kier alpha value is -2.34. The van der Waals surface area contributed by atoms with Crippen LogP contribution in [0.15, 0.2) is 60.7 Å². The van der Waals surface area contributed by atoms with Crippen molar-refractivity contribution in [3.63, 3.8) is 0 Å². The van der Waals surface area contributed by atoms with E-state index in [1.807, 2.05) is 0 Å². The van der Waals surface area contributed by atoms with Crippen LogP contribution in [0.25, 0.3) is 28.0 Å². The molecule has 0 aliphatic heterocycles. The van der Waals surface area contributed by atoms with Crippen LogP contribution in [-0.2, 0) is 0 Å². The summed E-state index contributed by atoms with van der Waals surface area (Å²) in [5.41, 5.74) is 6.57. The summed E-state index contributed by atoms with van der Waals surface area (Å²) in [5, 5.41) is 2.59. The quantitative estimate of drug-likeness (QED) is 0.524. The minimum absolute atomic E-state index is 1.29. The third-order valence-corrected chi connectivity index (χ3v) is 4.02. The summed E-state index contributed by atoms with van der Waals surface area (Å²) in [6, 6.07) is 19.8. The summed E-state index contributed by atoms with van der Waals surface area (Å²) < 4.78 is 0. The Morgan fingerprint density at radius 2 is 1.52 bits per heavy atom. The third kappa shape index (κ3) is 2.62. The highest BCUT2D eigenvalue weighted by atomic mass is 14.1. The zero-order valence-electron chi connectivity index (χ0n) is 12.9. The van der Waals surface area contributed by atoms with Crippen molar-refractivity contribution >= 4 is 16.8 Å². The van der Waals surface area contributed by atoms with Gasteiger partial charge >= 0.3 is 0 Å². The second-order valence-corrected chi connectivity index (χ2v) is 5.59. The van der Waals surface area contributed by atoms with E-state index in [1.54, 1.807) is 0 Å². The molecule has 0 heterocycles.